The Hall–Kier alpha value is -2.74. The van der Waals surface area contributed by atoms with Gasteiger partial charge in [0.25, 0.3) is 5.91 Å². The van der Waals surface area contributed by atoms with Crippen LogP contribution in [0.2, 0.25) is 0 Å². The van der Waals surface area contributed by atoms with Crippen molar-refractivity contribution in [2.45, 2.75) is 31.6 Å². The van der Waals surface area contributed by atoms with Crippen molar-refractivity contribution >= 4 is 5.91 Å². The molecule has 1 amide bonds. The normalized spacial score (nSPS) is 19.9. The quantitative estimate of drug-likeness (QED) is 0.774. The number of rotatable bonds is 7. The number of pyridine rings is 1. The van der Waals surface area contributed by atoms with Crippen LogP contribution in [0.5, 0.6) is 11.6 Å². The van der Waals surface area contributed by atoms with Crippen molar-refractivity contribution in [1.29, 1.82) is 0 Å². The van der Waals surface area contributed by atoms with Gasteiger partial charge < -0.3 is 19.9 Å². The molecule has 0 aliphatic heterocycles. The fourth-order valence-corrected chi connectivity index (χ4v) is 3.08. The van der Waals surface area contributed by atoms with E-state index < -0.39 is 6.61 Å². The molecular weight excluding hydrogens is 358 g/mol. The fraction of sp³-hybridized carbons (Fsp3) is 0.368. The summed E-state index contributed by atoms with van der Waals surface area (Å²) >= 11 is 0. The van der Waals surface area contributed by atoms with Crippen molar-refractivity contribution in [2.24, 2.45) is 5.92 Å². The number of aliphatic hydroxyl groups excluding tert-OH is 1. The molecule has 1 aromatic carbocycles. The van der Waals surface area contributed by atoms with Gasteiger partial charge in [-0.1, -0.05) is 6.07 Å². The third kappa shape index (κ3) is 4.71. The predicted molar refractivity (Wildman–Crippen MR) is 92.8 cm³/mol. The van der Waals surface area contributed by atoms with Crippen LogP contribution in [0.4, 0.5) is 8.78 Å². The maximum absolute atomic E-state index is 12.6. The van der Waals surface area contributed by atoms with Gasteiger partial charge in [-0.25, -0.2) is 4.98 Å². The average Bonchev–Trinajstić information content (AvgIpc) is 2.64. The third-order valence-electron chi connectivity index (χ3n) is 4.58. The summed E-state index contributed by atoms with van der Waals surface area (Å²) in [6.45, 7) is -2.92. The Bertz CT molecular complexity index is 762. The number of nitrogens with zero attached hydrogens (tertiary/aromatic N) is 1. The molecule has 1 aromatic heterocycles. The zero-order valence-corrected chi connectivity index (χ0v) is 14.6. The van der Waals surface area contributed by atoms with E-state index in [2.05, 4.69) is 15.0 Å². The maximum Gasteiger partial charge on any atom is 0.387 e. The van der Waals surface area contributed by atoms with Crippen molar-refractivity contribution in [1.82, 2.24) is 10.3 Å². The van der Waals surface area contributed by atoms with Crippen LogP contribution in [0.15, 0.2) is 42.6 Å². The van der Waals surface area contributed by atoms with Crippen LogP contribution < -0.4 is 14.8 Å². The van der Waals surface area contributed by atoms with Crippen molar-refractivity contribution in [2.75, 3.05) is 7.11 Å². The summed E-state index contributed by atoms with van der Waals surface area (Å²) in [5, 5.41) is 12.6. The summed E-state index contributed by atoms with van der Waals surface area (Å²) in [5.74, 6) is 0.188. The molecular formula is C19H20F2N2O4. The molecule has 1 aliphatic rings. The standard InChI is InChI=1S/C19H20F2N2O4/c1-26-16-7-4-12(10-22-16)17(13-8-14(24)9-13)23-18(25)11-2-5-15(6-3-11)27-19(20)21/h2-7,10,13-14,17,19,24H,8-9H2,1H3,(H,23,25)/t13?,14?,17-/m0/s1. The molecule has 0 radical (unpaired) electrons. The zero-order chi connectivity index (χ0) is 19.4. The Balaban J connectivity index is 1.73. The number of halogens is 2. The monoisotopic (exact) mass is 378 g/mol. The number of hydrogen-bond donors (Lipinski definition) is 2. The number of methoxy groups -OCH3 is 1. The molecule has 0 saturated heterocycles. The molecule has 27 heavy (non-hydrogen) atoms. The van der Waals surface area contributed by atoms with E-state index in [0.29, 0.717) is 24.3 Å². The van der Waals surface area contributed by atoms with E-state index in [4.69, 9.17) is 4.74 Å². The lowest BCUT2D eigenvalue weighted by Gasteiger charge is -2.38. The number of ether oxygens (including phenoxy) is 2. The van der Waals surface area contributed by atoms with Gasteiger partial charge in [-0.2, -0.15) is 8.78 Å². The second kappa shape index (κ2) is 8.30. The van der Waals surface area contributed by atoms with Gasteiger partial charge >= 0.3 is 6.61 Å². The van der Waals surface area contributed by atoms with Crippen LogP contribution >= 0.6 is 0 Å². The van der Waals surface area contributed by atoms with Crippen LogP contribution in [-0.2, 0) is 0 Å². The molecule has 1 heterocycles. The van der Waals surface area contributed by atoms with Gasteiger partial charge in [0.05, 0.1) is 19.3 Å². The lowest BCUT2D eigenvalue weighted by molar-refractivity contribution is -0.0498. The molecule has 1 atom stereocenters. The largest absolute Gasteiger partial charge is 0.481 e. The molecule has 3 rings (SSSR count). The predicted octanol–water partition coefficient (Wildman–Crippen LogP) is 2.93. The Kier molecular flexibility index (Phi) is 5.85. The first-order chi connectivity index (χ1) is 13.0. The molecule has 1 saturated carbocycles. The summed E-state index contributed by atoms with van der Waals surface area (Å²) in [4.78, 5) is 16.8. The molecule has 1 aliphatic carbocycles. The first-order valence-corrected chi connectivity index (χ1v) is 8.50. The van der Waals surface area contributed by atoms with Crippen molar-refractivity contribution in [3.05, 3.63) is 53.7 Å². The van der Waals surface area contributed by atoms with Gasteiger partial charge in [0.2, 0.25) is 5.88 Å². The first kappa shape index (κ1) is 19.0. The number of nitrogens with one attached hydrogen (secondary N) is 1. The Labute approximate surface area is 155 Å². The number of hydrogen-bond acceptors (Lipinski definition) is 5. The SMILES string of the molecule is COc1ccc([C@H](NC(=O)c2ccc(OC(F)F)cc2)C2CC(O)C2)cn1. The molecule has 2 N–H and O–H groups in total. The molecule has 8 heteroatoms. The maximum atomic E-state index is 12.6. The van der Waals surface area contributed by atoms with Gasteiger partial charge in [0, 0.05) is 17.8 Å². The summed E-state index contributed by atoms with van der Waals surface area (Å²) < 4.78 is 33.8. The molecule has 144 valence electrons. The summed E-state index contributed by atoms with van der Waals surface area (Å²) in [6.07, 6.45) is 2.43. The highest BCUT2D eigenvalue weighted by Gasteiger charge is 2.36. The van der Waals surface area contributed by atoms with Gasteiger partial charge in [-0.3, -0.25) is 4.79 Å². The number of aliphatic hydroxyl groups is 1. The van der Waals surface area contributed by atoms with Crippen molar-refractivity contribution < 1.29 is 28.2 Å². The Morgan fingerprint density at radius 3 is 2.44 bits per heavy atom. The molecule has 0 bridgehead atoms. The Morgan fingerprint density at radius 2 is 1.93 bits per heavy atom. The van der Waals surface area contributed by atoms with Crippen LogP contribution in [0, 0.1) is 5.92 Å². The van der Waals surface area contributed by atoms with E-state index in [9.17, 15) is 18.7 Å². The summed E-state index contributed by atoms with van der Waals surface area (Å²) in [7, 11) is 1.52. The molecule has 0 spiro atoms. The highest BCUT2D eigenvalue weighted by molar-refractivity contribution is 5.94. The Morgan fingerprint density at radius 1 is 1.22 bits per heavy atom. The van der Waals surface area contributed by atoms with Gasteiger partial charge in [0.15, 0.2) is 0 Å². The minimum absolute atomic E-state index is 0.0143. The number of aromatic nitrogens is 1. The van der Waals surface area contributed by atoms with Gasteiger partial charge in [0.1, 0.15) is 5.75 Å². The minimum Gasteiger partial charge on any atom is -0.481 e. The lowest BCUT2D eigenvalue weighted by atomic mass is 9.75. The van der Waals surface area contributed by atoms with E-state index >= 15 is 0 Å². The topological polar surface area (TPSA) is 80.7 Å². The number of alkyl halides is 2. The zero-order valence-electron chi connectivity index (χ0n) is 14.6. The highest BCUT2D eigenvalue weighted by Crippen LogP contribution is 2.38. The second-order valence-corrected chi connectivity index (χ2v) is 6.37. The average molecular weight is 378 g/mol. The summed E-state index contributed by atoms with van der Waals surface area (Å²) in [5.41, 5.74) is 1.13. The van der Waals surface area contributed by atoms with Gasteiger partial charge in [-0.15, -0.1) is 0 Å². The fourth-order valence-electron chi connectivity index (χ4n) is 3.08. The third-order valence-corrected chi connectivity index (χ3v) is 4.58. The molecule has 2 aromatic rings. The number of carbonyl (C=O) groups excluding carboxylic acids is 1. The number of amides is 1. The molecule has 0 unspecified atom stereocenters. The lowest BCUT2D eigenvalue weighted by Crippen LogP contribution is -2.41. The van der Waals surface area contributed by atoms with Crippen LogP contribution in [0.3, 0.4) is 0 Å². The smallest absolute Gasteiger partial charge is 0.387 e. The van der Waals surface area contributed by atoms with E-state index in [1.54, 1.807) is 12.3 Å². The van der Waals surface area contributed by atoms with Gasteiger partial charge in [-0.05, 0) is 48.6 Å². The second-order valence-electron chi connectivity index (χ2n) is 6.37. The molecule has 6 nitrogen and oxygen atoms in total. The minimum atomic E-state index is -2.92. The number of carbonyl (C=O) groups is 1. The van der Waals surface area contributed by atoms with E-state index in [-0.39, 0.29) is 29.7 Å². The van der Waals surface area contributed by atoms with Crippen molar-refractivity contribution in [3.63, 3.8) is 0 Å². The highest BCUT2D eigenvalue weighted by atomic mass is 19.3. The van der Waals surface area contributed by atoms with Crippen LogP contribution in [0.1, 0.15) is 34.8 Å². The van der Waals surface area contributed by atoms with E-state index in [0.717, 1.165) is 5.56 Å². The van der Waals surface area contributed by atoms with E-state index in [1.807, 2.05) is 6.07 Å². The number of benzene rings is 1. The van der Waals surface area contributed by atoms with Crippen molar-refractivity contribution in [3.8, 4) is 11.6 Å². The van der Waals surface area contributed by atoms with Crippen LogP contribution in [-0.4, -0.2) is 35.8 Å². The van der Waals surface area contributed by atoms with E-state index in [1.165, 1.54) is 31.4 Å². The summed E-state index contributed by atoms with van der Waals surface area (Å²) in [6, 6.07) is 8.69. The van der Waals surface area contributed by atoms with Crippen LogP contribution in [0.25, 0.3) is 0 Å². The first-order valence-electron chi connectivity index (χ1n) is 8.50. The molecule has 1 fully saturated rings.